The lowest BCUT2D eigenvalue weighted by molar-refractivity contribution is 0.0941. The van der Waals surface area contributed by atoms with Crippen molar-refractivity contribution in [3.05, 3.63) is 63.4 Å². The smallest absolute Gasteiger partial charge is 0.251 e. The van der Waals surface area contributed by atoms with Crippen LogP contribution in [0.5, 0.6) is 5.75 Å². The van der Waals surface area contributed by atoms with E-state index in [0.717, 1.165) is 6.07 Å². The van der Waals surface area contributed by atoms with Crippen molar-refractivity contribution in [3.63, 3.8) is 0 Å². The zero-order valence-corrected chi connectivity index (χ0v) is 15.4. The highest BCUT2D eigenvalue weighted by atomic mass is 35.5. The lowest BCUT2D eigenvalue weighted by atomic mass is 10.0. The van der Waals surface area contributed by atoms with Crippen LogP contribution in [-0.2, 0) is 6.42 Å². The van der Waals surface area contributed by atoms with Gasteiger partial charge in [-0.3, -0.25) is 4.79 Å². The molecule has 0 saturated heterocycles. The summed E-state index contributed by atoms with van der Waals surface area (Å²) in [4.78, 5) is 14.1. The summed E-state index contributed by atoms with van der Waals surface area (Å²) in [5, 5.41) is 13.2. The Bertz CT molecular complexity index is 748. The maximum atomic E-state index is 13.5. The minimum absolute atomic E-state index is 0.0306. The van der Waals surface area contributed by atoms with Gasteiger partial charge >= 0.3 is 0 Å². The van der Waals surface area contributed by atoms with Crippen LogP contribution < -0.4 is 5.32 Å². The molecule has 4 nitrogen and oxygen atoms in total. The van der Waals surface area contributed by atoms with Gasteiger partial charge in [-0.1, -0.05) is 29.3 Å². The van der Waals surface area contributed by atoms with Crippen molar-refractivity contribution in [2.45, 2.75) is 12.5 Å². The molecule has 0 aliphatic carbocycles. The number of amides is 1. The van der Waals surface area contributed by atoms with Crippen LogP contribution in [-0.4, -0.2) is 42.6 Å². The van der Waals surface area contributed by atoms with E-state index < -0.39 is 11.7 Å². The van der Waals surface area contributed by atoms with E-state index in [0.29, 0.717) is 23.6 Å². The molecule has 2 aromatic rings. The number of phenolic OH excluding ortho intramolecular Hbond substituents is 1. The van der Waals surface area contributed by atoms with Crippen LogP contribution >= 0.6 is 23.2 Å². The Labute approximate surface area is 156 Å². The first-order valence-corrected chi connectivity index (χ1v) is 8.41. The Kier molecular flexibility index (Phi) is 6.64. The first-order chi connectivity index (χ1) is 11.8. The summed E-state index contributed by atoms with van der Waals surface area (Å²) in [6.45, 7) is 0.306. The van der Waals surface area contributed by atoms with E-state index in [1.165, 1.54) is 12.1 Å². The number of carbonyl (C=O) groups excluding carboxylic acids is 1. The molecule has 0 saturated carbocycles. The number of hydrogen-bond acceptors (Lipinski definition) is 3. The van der Waals surface area contributed by atoms with Crippen molar-refractivity contribution in [1.29, 1.82) is 0 Å². The highest BCUT2D eigenvalue weighted by Gasteiger charge is 2.18. The highest BCUT2D eigenvalue weighted by Crippen LogP contribution is 2.27. The van der Waals surface area contributed by atoms with Crippen molar-refractivity contribution >= 4 is 29.1 Å². The number of benzene rings is 2. The van der Waals surface area contributed by atoms with Gasteiger partial charge in [0.15, 0.2) is 0 Å². The van der Waals surface area contributed by atoms with Crippen molar-refractivity contribution in [1.82, 2.24) is 10.2 Å². The number of nitrogens with zero attached hydrogens (tertiary/aromatic N) is 1. The highest BCUT2D eigenvalue weighted by molar-refractivity contribution is 6.31. The lowest BCUT2D eigenvalue weighted by Gasteiger charge is -2.25. The standard InChI is InChI=1S/C18H19Cl2FN2O2/c1-23(2)12(9-13-14(19)4-3-5-17(13)24)10-22-18(25)11-6-7-15(20)16(21)8-11/h3-8,12,24H,9-10H2,1-2H3,(H,22,25)/t12-/m0/s1. The maximum absolute atomic E-state index is 13.5. The second-order valence-corrected chi connectivity index (χ2v) is 6.71. The average Bonchev–Trinajstić information content (AvgIpc) is 2.55. The summed E-state index contributed by atoms with van der Waals surface area (Å²) < 4.78 is 13.5. The minimum Gasteiger partial charge on any atom is -0.508 e. The van der Waals surface area contributed by atoms with Gasteiger partial charge < -0.3 is 15.3 Å². The Balaban J connectivity index is 2.06. The van der Waals surface area contributed by atoms with Gasteiger partial charge in [0.1, 0.15) is 11.6 Å². The molecule has 0 fully saturated rings. The van der Waals surface area contributed by atoms with Crippen LogP contribution in [0.15, 0.2) is 36.4 Å². The fourth-order valence-corrected chi connectivity index (χ4v) is 2.74. The number of hydrogen-bond donors (Lipinski definition) is 2. The van der Waals surface area contributed by atoms with Crippen molar-refractivity contribution in [2.24, 2.45) is 0 Å². The van der Waals surface area contributed by atoms with Crippen molar-refractivity contribution < 1.29 is 14.3 Å². The van der Waals surface area contributed by atoms with E-state index in [2.05, 4.69) is 5.32 Å². The zero-order valence-electron chi connectivity index (χ0n) is 13.9. The minimum atomic E-state index is -0.639. The van der Waals surface area contributed by atoms with Gasteiger partial charge in [0.05, 0.1) is 5.02 Å². The molecule has 1 amide bonds. The number of aromatic hydroxyl groups is 1. The summed E-state index contributed by atoms with van der Waals surface area (Å²) in [6.07, 6.45) is 0.452. The largest absolute Gasteiger partial charge is 0.508 e. The summed E-state index contributed by atoms with van der Waals surface area (Å²) in [5.74, 6) is -0.921. The Morgan fingerprint density at radius 2 is 1.96 bits per heavy atom. The number of halogens is 3. The molecule has 0 aromatic heterocycles. The predicted octanol–water partition coefficient (Wildman–Crippen LogP) is 3.74. The van der Waals surface area contributed by atoms with Crippen LogP contribution in [0.25, 0.3) is 0 Å². The Morgan fingerprint density at radius 1 is 1.24 bits per heavy atom. The molecule has 0 bridgehead atoms. The number of carbonyl (C=O) groups is 1. The third kappa shape index (κ3) is 5.08. The van der Waals surface area contributed by atoms with Crippen molar-refractivity contribution in [2.75, 3.05) is 20.6 Å². The fraction of sp³-hybridized carbons (Fsp3) is 0.278. The first kappa shape index (κ1) is 19.5. The summed E-state index contributed by atoms with van der Waals surface area (Å²) in [6, 6.07) is 8.75. The maximum Gasteiger partial charge on any atom is 0.251 e. The average molecular weight is 385 g/mol. The molecule has 2 N–H and O–H groups in total. The van der Waals surface area contributed by atoms with Crippen LogP contribution in [0, 0.1) is 5.82 Å². The van der Waals surface area contributed by atoms with E-state index >= 15 is 0 Å². The lowest BCUT2D eigenvalue weighted by Crippen LogP contribution is -2.41. The molecule has 0 unspecified atom stereocenters. The normalized spacial score (nSPS) is 12.2. The van der Waals surface area contributed by atoms with E-state index in [1.54, 1.807) is 18.2 Å². The third-order valence-corrected chi connectivity index (χ3v) is 4.60. The monoisotopic (exact) mass is 384 g/mol. The van der Waals surface area contributed by atoms with Crippen LogP contribution in [0.4, 0.5) is 4.39 Å². The topological polar surface area (TPSA) is 52.6 Å². The number of likely N-dealkylation sites (N-methyl/N-ethyl adjacent to an activating group) is 1. The van der Waals surface area contributed by atoms with Crippen LogP contribution in [0.3, 0.4) is 0 Å². The number of rotatable bonds is 6. The fourth-order valence-electron chi connectivity index (χ4n) is 2.37. The molecule has 0 aliphatic rings. The first-order valence-electron chi connectivity index (χ1n) is 7.65. The molecular formula is C18H19Cl2FN2O2. The van der Waals surface area contributed by atoms with Crippen LogP contribution in [0.1, 0.15) is 15.9 Å². The molecule has 134 valence electrons. The van der Waals surface area contributed by atoms with Gasteiger partial charge in [-0.15, -0.1) is 0 Å². The van der Waals surface area contributed by atoms with Gasteiger partial charge in [0.2, 0.25) is 0 Å². The number of nitrogens with one attached hydrogen (secondary N) is 1. The van der Waals surface area contributed by atoms with E-state index in [-0.39, 0.29) is 22.4 Å². The van der Waals surface area contributed by atoms with Gasteiger partial charge in [0, 0.05) is 28.7 Å². The Hall–Kier alpha value is -1.82. The SMILES string of the molecule is CN(C)[C@H](CNC(=O)c1ccc(Cl)c(F)c1)Cc1c(O)cccc1Cl. The Morgan fingerprint density at radius 3 is 2.56 bits per heavy atom. The summed E-state index contributed by atoms with van der Waals surface area (Å²) >= 11 is 11.8. The second-order valence-electron chi connectivity index (χ2n) is 5.90. The summed E-state index contributed by atoms with van der Waals surface area (Å²) in [5.41, 5.74) is 0.814. The van der Waals surface area contributed by atoms with Crippen molar-refractivity contribution in [3.8, 4) is 5.75 Å². The molecule has 0 radical (unpaired) electrons. The quantitative estimate of drug-likeness (QED) is 0.797. The zero-order chi connectivity index (χ0) is 18.6. The van der Waals surface area contributed by atoms with Gasteiger partial charge in [-0.2, -0.15) is 0 Å². The van der Waals surface area contributed by atoms with Gasteiger partial charge in [-0.25, -0.2) is 4.39 Å². The van der Waals surface area contributed by atoms with Crippen LogP contribution in [0.2, 0.25) is 10.0 Å². The third-order valence-electron chi connectivity index (χ3n) is 3.94. The van der Waals surface area contributed by atoms with E-state index in [9.17, 15) is 14.3 Å². The molecule has 7 heteroatoms. The van der Waals surface area contributed by atoms with Gasteiger partial charge in [0.25, 0.3) is 5.91 Å². The van der Waals surface area contributed by atoms with Gasteiger partial charge in [-0.05, 0) is 50.8 Å². The summed E-state index contributed by atoms with van der Waals surface area (Å²) in [7, 11) is 3.74. The number of phenols is 1. The molecule has 0 spiro atoms. The van der Waals surface area contributed by atoms with E-state index in [4.69, 9.17) is 23.2 Å². The molecule has 0 aliphatic heterocycles. The molecule has 2 rings (SSSR count). The van der Waals surface area contributed by atoms with E-state index in [1.807, 2.05) is 19.0 Å². The predicted molar refractivity (Wildman–Crippen MR) is 98.0 cm³/mol. The molecule has 1 atom stereocenters. The molecule has 25 heavy (non-hydrogen) atoms. The molecule has 2 aromatic carbocycles. The molecular weight excluding hydrogens is 366 g/mol. The molecule has 0 heterocycles. The second kappa shape index (κ2) is 8.52.